The molecular formula is C12H10FNO3. The summed E-state index contributed by atoms with van der Waals surface area (Å²) in [5.41, 5.74) is 0.935. The van der Waals surface area contributed by atoms with E-state index in [-0.39, 0.29) is 24.4 Å². The molecule has 4 nitrogen and oxygen atoms in total. The summed E-state index contributed by atoms with van der Waals surface area (Å²) in [6.07, 6.45) is 1.22. The normalized spacial score (nSPS) is 10.6. The van der Waals surface area contributed by atoms with Crippen LogP contribution in [0.15, 0.2) is 24.4 Å². The van der Waals surface area contributed by atoms with E-state index in [1.165, 1.54) is 24.4 Å². The summed E-state index contributed by atoms with van der Waals surface area (Å²) in [7, 11) is 0. The van der Waals surface area contributed by atoms with E-state index >= 15 is 0 Å². The van der Waals surface area contributed by atoms with E-state index in [1.54, 1.807) is 0 Å². The summed E-state index contributed by atoms with van der Waals surface area (Å²) < 4.78 is 12.9. The van der Waals surface area contributed by atoms with Gasteiger partial charge in [0.2, 0.25) is 0 Å². The zero-order chi connectivity index (χ0) is 12.4. The molecule has 2 N–H and O–H groups in total. The Morgan fingerprint density at radius 2 is 2.06 bits per heavy atom. The molecule has 0 fully saturated rings. The number of carboxylic acids is 1. The topological polar surface area (TPSA) is 70.2 Å². The molecule has 0 aliphatic carbocycles. The highest BCUT2D eigenvalue weighted by molar-refractivity contribution is 6.08. The van der Waals surface area contributed by atoms with Gasteiger partial charge in [-0.25, -0.2) is 4.39 Å². The van der Waals surface area contributed by atoms with Crippen molar-refractivity contribution in [3.63, 3.8) is 0 Å². The number of Topliss-reactive ketones (excluding diaryl/α,β-unsaturated/α-hetero) is 1. The number of fused-ring (bicyclic) bond motifs is 1. The number of hydrogen-bond acceptors (Lipinski definition) is 2. The number of benzene rings is 1. The van der Waals surface area contributed by atoms with Crippen molar-refractivity contribution in [3.8, 4) is 0 Å². The van der Waals surface area contributed by atoms with Crippen LogP contribution in [0.25, 0.3) is 10.9 Å². The average Bonchev–Trinajstić information content (AvgIpc) is 2.68. The summed E-state index contributed by atoms with van der Waals surface area (Å²) >= 11 is 0. The molecule has 0 atom stereocenters. The fourth-order valence-corrected chi connectivity index (χ4v) is 1.68. The Morgan fingerprint density at radius 1 is 1.29 bits per heavy atom. The lowest BCUT2D eigenvalue weighted by Crippen LogP contribution is -2.03. The highest BCUT2D eigenvalue weighted by Gasteiger charge is 2.13. The minimum absolute atomic E-state index is 0.0559. The Labute approximate surface area is 96.1 Å². The van der Waals surface area contributed by atoms with Crippen molar-refractivity contribution in [3.05, 3.63) is 35.8 Å². The fraction of sp³-hybridized carbons (Fsp3) is 0.167. The van der Waals surface area contributed by atoms with E-state index in [2.05, 4.69) is 4.98 Å². The summed E-state index contributed by atoms with van der Waals surface area (Å²) in [6, 6.07) is 4.07. The highest BCUT2D eigenvalue weighted by atomic mass is 19.1. The first-order valence-electron chi connectivity index (χ1n) is 5.09. The van der Waals surface area contributed by atoms with Gasteiger partial charge in [0, 0.05) is 29.1 Å². The van der Waals surface area contributed by atoms with Crippen molar-refractivity contribution in [2.24, 2.45) is 0 Å². The number of rotatable bonds is 4. The maximum atomic E-state index is 12.9. The number of aliphatic carboxylic acids is 1. The van der Waals surface area contributed by atoms with Crippen LogP contribution in [-0.4, -0.2) is 21.8 Å². The number of aromatic amines is 1. The third-order valence-corrected chi connectivity index (χ3v) is 2.51. The van der Waals surface area contributed by atoms with Crippen LogP contribution in [0.2, 0.25) is 0 Å². The van der Waals surface area contributed by atoms with E-state index in [0.717, 1.165) is 0 Å². The van der Waals surface area contributed by atoms with Gasteiger partial charge in [-0.05, 0) is 18.2 Å². The molecule has 0 aliphatic rings. The largest absolute Gasteiger partial charge is 0.481 e. The van der Waals surface area contributed by atoms with Gasteiger partial charge in [0.25, 0.3) is 0 Å². The molecule has 0 radical (unpaired) electrons. The summed E-state index contributed by atoms with van der Waals surface area (Å²) in [5.74, 6) is -1.65. The first-order chi connectivity index (χ1) is 8.08. The molecule has 0 saturated heterocycles. The van der Waals surface area contributed by atoms with Crippen LogP contribution >= 0.6 is 0 Å². The van der Waals surface area contributed by atoms with Gasteiger partial charge >= 0.3 is 5.97 Å². The van der Waals surface area contributed by atoms with E-state index in [4.69, 9.17) is 5.11 Å². The molecule has 88 valence electrons. The first-order valence-corrected chi connectivity index (χ1v) is 5.09. The van der Waals surface area contributed by atoms with Crippen LogP contribution in [0.4, 0.5) is 4.39 Å². The van der Waals surface area contributed by atoms with Gasteiger partial charge in [0.05, 0.1) is 6.42 Å². The zero-order valence-corrected chi connectivity index (χ0v) is 8.87. The molecule has 1 heterocycles. The quantitative estimate of drug-likeness (QED) is 0.799. The molecular weight excluding hydrogens is 225 g/mol. The van der Waals surface area contributed by atoms with Crippen molar-refractivity contribution < 1.29 is 19.1 Å². The fourth-order valence-electron chi connectivity index (χ4n) is 1.68. The summed E-state index contributed by atoms with van der Waals surface area (Å²) in [4.78, 5) is 24.9. The minimum atomic E-state index is -1.01. The zero-order valence-electron chi connectivity index (χ0n) is 8.87. The Bertz CT molecular complexity index is 588. The molecule has 0 bridgehead atoms. The average molecular weight is 235 g/mol. The maximum Gasteiger partial charge on any atom is 0.303 e. The van der Waals surface area contributed by atoms with E-state index in [0.29, 0.717) is 16.5 Å². The Hall–Kier alpha value is -2.17. The number of carboxylic acid groups (broad SMARTS) is 1. The Morgan fingerprint density at radius 3 is 2.76 bits per heavy atom. The van der Waals surface area contributed by atoms with Crippen molar-refractivity contribution in [2.75, 3.05) is 0 Å². The molecule has 2 rings (SSSR count). The Kier molecular flexibility index (Phi) is 2.91. The number of nitrogens with one attached hydrogen (secondary N) is 1. The molecule has 17 heavy (non-hydrogen) atoms. The van der Waals surface area contributed by atoms with Crippen molar-refractivity contribution in [1.82, 2.24) is 4.98 Å². The van der Waals surface area contributed by atoms with Gasteiger partial charge in [-0.15, -0.1) is 0 Å². The predicted molar refractivity (Wildman–Crippen MR) is 59.5 cm³/mol. The third kappa shape index (κ3) is 2.33. The molecule has 1 aromatic heterocycles. The smallest absolute Gasteiger partial charge is 0.303 e. The summed E-state index contributed by atoms with van der Waals surface area (Å²) in [6.45, 7) is 0. The van der Waals surface area contributed by atoms with Crippen LogP contribution in [0.1, 0.15) is 23.2 Å². The maximum absolute atomic E-state index is 12.9. The second-order valence-corrected chi connectivity index (χ2v) is 3.71. The van der Waals surface area contributed by atoms with Crippen molar-refractivity contribution >= 4 is 22.7 Å². The molecule has 0 saturated carbocycles. The van der Waals surface area contributed by atoms with Crippen LogP contribution in [0.3, 0.4) is 0 Å². The number of halogens is 1. The third-order valence-electron chi connectivity index (χ3n) is 2.51. The van der Waals surface area contributed by atoms with Crippen molar-refractivity contribution in [1.29, 1.82) is 0 Å². The minimum Gasteiger partial charge on any atom is -0.481 e. The van der Waals surface area contributed by atoms with E-state index < -0.39 is 5.97 Å². The van der Waals surface area contributed by atoms with Gasteiger partial charge < -0.3 is 10.1 Å². The number of H-pyrrole nitrogens is 1. The first kappa shape index (κ1) is 11.3. The van der Waals surface area contributed by atoms with E-state index in [1.807, 2.05) is 0 Å². The number of carbonyl (C=O) groups excluding carboxylic acids is 1. The second kappa shape index (κ2) is 4.37. The molecule has 0 unspecified atom stereocenters. The molecule has 5 heteroatoms. The standard InChI is InChI=1S/C12H10FNO3/c13-7-1-2-8-9(6-14-10(8)5-7)11(15)3-4-12(16)17/h1-2,5-6,14H,3-4H2,(H,16,17). The lowest BCUT2D eigenvalue weighted by Gasteiger charge is -1.97. The number of aromatic nitrogens is 1. The monoisotopic (exact) mass is 235 g/mol. The van der Waals surface area contributed by atoms with Crippen LogP contribution in [0, 0.1) is 5.82 Å². The van der Waals surface area contributed by atoms with Gasteiger partial charge in [-0.1, -0.05) is 0 Å². The van der Waals surface area contributed by atoms with Gasteiger partial charge in [-0.3, -0.25) is 9.59 Å². The summed E-state index contributed by atoms with van der Waals surface area (Å²) in [5, 5.41) is 9.11. The van der Waals surface area contributed by atoms with Crippen LogP contribution in [0.5, 0.6) is 0 Å². The lowest BCUT2D eigenvalue weighted by atomic mass is 10.1. The van der Waals surface area contributed by atoms with Crippen LogP contribution < -0.4 is 0 Å². The molecule has 2 aromatic rings. The molecule has 0 amide bonds. The lowest BCUT2D eigenvalue weighted by molar-refractivity contribution is -0.136. The predicted octanol–water partition coefficient (Wildman–Crippen LogP) is 2.35. The van der Waals surface area contributed by atoms with Crippen molar-refractivity contribution in [2.45, 2.75) is 12.8 Å². The molecule has 0 aliphatic heterocycles. The van der Waals surface area contributed by atoms with Gasteiger partial charge in [0.1, 0.15) is 5.82 Å². The number of hydrogen-bond donors (Lipinski definition) is 2. The number of carbonyl (C=O) groups is 2. The molecule has 1 aromatic carbocycles. The SMILES string of the molecule is O=C(O)CCC(=O)c1c[nH]c2cc(F)ccc12. The molecule has 0 spiro atoms. The van der Waals surface area contributed by atoms with Gasteiger partial charge in [-0.2, -0.15) is 0 Å². The second-order valence-electron chi connectivity index (χ2n) is 3.71. The Balaban J connectivity index is 2.29. The van der Waals surface area contributed by atoms with Gasteiger partial charge in [0.15, 0.2) is 5.78 Å². The number of ketones is 1. The van der Waals surface area contributed by atoms with Crippen LogP contribution in [-0.2, 0) is 4.79 Å². The highest BCUT2D eigenvalue weighted by Crippen LogP contribution is 2.20. The van der Waals surface area contributed by atoms with E-state index in [9.17, 15) is 14.0 Å².